The zero-order valence-corrected chi connectivity index (χ0v) is 52.2. The van der Waals surface area contributed by atoms with Crippen LogP contribution in [0.4, 0.5) is 22.7 Å². The molecule has 0 unspecified atom stereocenters. The second-order valence-corrected chi connectivity index (χ2v) is 91.9. The van der Waals surface area contributed by atoms with Gasteiger partial charge in [-0.1, -0.05) is 0 Å². The molecular weight excluding hydrogens is 1260 g/mol. The Labute approximate surface area is 412 Å². The Morgan fingerprint density at radius 1 is 0.383 bits per heavy atom. The molecule has 328 valence electrons. The molecule has 0 aromatic heterocycles. The number of nitrogens with one attached hydrogen (secondary N) is 2. The van der Waals surface area contributed by atoms with E-state index in [1.54, 1.807) is 0 Å². The van der Waals surface area contributed by atoms with Crippen molar-refractivity contribution in [3.63, 3.8) is 0 Å². The summed E-state index contributed by atoms with van der Waals surface area (Å²) in [6.45, 7) is 35.7. The Morgan fingerprint density at radius 3 is 0.767 bits per heavy atom. The minimum atomic E-state index is -2.92. The molecule has 0 fully saturated rings. The monoisotopic (exact) mass is 1320 g/mol. The van der Waals surface area contributed by atoms with Gasteiger partial charge in [0.15, 0.2) is 0 Å². The van der Waals surface area contributed by atoms with Crippen LogP contribution in [0.15, 0.2) is 72.8 Å². The molecule has 2 N–H and O–H groups in total. The van der Waals surface area contributed by atoms with Crippen LogP contribution >= 0.6 is 84.0 Å². The summed E-state index contributed by atoms with van der Waals surface area (Å²) in [6, 6.07) is 27.4. The predicted octanol–water partition coefficient (Wildman–Crippen LogP) is 15.1. The second-order valence-electron chi connectivity index (χ2n) is 17.0. The topological polar surface area (TPSA) is 37.0 Å². The molecule has 0 bridgehead atoms. The van der Waals surface area contributed by atoms with E-state index in [2.05, 4.69) is 295 Å². The summed E-state index contributed by atoms with van der Waals surface area (Å²) in [7, 11) is -5.92. The molecule has 60 heavy (non-hydrogen) atoms. The van der Waals surface area contributed by atoms with Gasteiger partial charge in [-0.25, -0.2) is 0 Å². The Kier molecular flexibility index (Phi) is 21.3. The summed E-state index contributed by atoms with van der Waals surface area (Å²) in [5.74, 6) is 0. The fourth-order valence-corrected chi connectivity index (χ4v) is 24.5. The summed E-state index contributed by atoms with van der Waals surface area (Å²) in [6.07, 6.45) is 0. The molecule has 0 aliphatic rings. The van der Waals surface area contributed by atoms with E-state index in [1.807, 2.05) is 0 Å². The van der Waals surface area contributed by atoms with Gasteiger partial charge in [0.1, 0.15) is 0 Å². The van der Waals surface area contributed by atoms with Gasteiger partial charge in [-0.2, -0.15) is 0 Å². The van der Waals surface area contributed by atoms with Crippen molar-refractivity contribution < 1.29 is 0 Å². The fourth-order valence-electron chi connectivity index (χ4n) is 8.36. The zero-order chi connectivity index (χ0) is 45.6. The van der Waals surface area contributed by atoms with Crippen molar-refractivity contribution in [1.29, 1.82) is 0 Å². The second kappa shape index (κ2) is 23.5. The van der Waals surface area contributed by atoms with Gasteiger partial charge in [-0.3, -0.25) is 0 Å². The third-order valence-electron chi connectivity index (χ3n) is 10.9. The molecule has 0 saturated heterocycles. The number of nitrogens with zero attached hydrogens (tertiary/aromatic N) is 4. The molecule has 0 radical (unpaired) electrons. The van der Waals surface area contributed by atoms with E-state index in [0.717, 1.165) is 0 Å². The number of benzene rings is 4. The predicted molar refractivity (Wildman–Crippen MR) is 297 cm³/mol. The van der Waals surface area contributed by atoms with Crippen molar-refractivity contribution in [2.45, 2.75) is 135 Å². The Balaban J connectivity index is 0.000000320. The molecule has 0 aliphatic carbocycles. The summed E-state index contributed by atoms with van der Waals surface area (Å²) >= 11 is 24.3. The minimum absolute atomic E-state index is 0.0391. The summed E-state index contributed by atoms with van der Waals surface area (Å²) < 4.78 is 5.05. The third-order valence-corrected chi connectivity index (χ3v) is 27.0. The Bertz CT molecular complexity index is 1790. The van der Waals surface area contributed by atoms with Crippen LogP contribution in [-0.4, -0.2) is 64.0 Å². The third kappa shape index (κ3) is 14.1. The SMILES string of the molecule is Cc1cccc(C)c1NB(N(C(C)C)C(C)C)[N](c1c(C)cccc1C)[Ge]([Br])([Br])[Br].Cc1cccc(C)c1NB(N(C(C)C)C(C)C)[N](c1c(C)cccc1C)[Ge]([Br])([Br])[Br]. The van der Waals surface area contributed by atoms with Crippen LogP contribution < -0.4 is 18.0 Å². The van der Waals surface area contributed by atoms with Crippen LogP contribution in [0.5, 0.6) is 0 Å². The van der Waals surface area contributed by atoms with Gasteiger partial charge in [0.05, 0.1) is 0 Å². The molecular formula is C44H66B2Br6Ge2N6. The molecule has 0 atom stereocenters. The molecule has 0 amide bonds. The number of aryl methyl sites for hydroxylation is 8. The number of anilines is 4. The zero-order valence-electron chi connectivity index (χ0n) is 38.4. The van der Waals surface area contributed by atoms with Gasteiger partial charge in [0, 0.05) is 0 Å². The molecule has 0 spiro atoms. The van der Waals surface area contributed by atoms with E-state index in [9.17, 15) is 0 Å². The van der Waals surface area contributed by atoms with E-state index in [0.29, 0.717) is 24.2 Å². The molecule has 0 heterocycles. The molecule has 4 aromatic carbocycles. The average Bonchev–Trinajstić information content (AvgIpc) is 3.09. The molecule has 4 rings (SSSR count). The fraction of sp³-hybridized carbons (Fsp3) is 0.455. The van der Waals surface area contributed by atoms with E-state index >= 15 is 0 Å². The first-order valence-corrected chi connectivity index (χ1v) is 52.1. The molecule has 6 nitrogen and oxygen atoms in total. The summed E-state index contributed by atoms with van der Waals surface area (Å²) in [5.41, 5.74) is 15.0. The number of hydrogen-bond donors (Lipinski definition) is 2. The van der Waals surface area contributed by atoms with Crippen molar-refractivity contribution in [3.8, 4) is 0 Å². The average molecular weight is 1330 g/mol. The summed E-state index contributed by atoms with van der Waals surface area (Å²) in [4.78, 5) is 5.09. The Hall–Kier alpha value is 0.0956. The Morgan fingerprint density at radius 2 is 0.583 bits per heavy atom. The number of halogens is 6. The molecule has 4 aromatic rings. The first kappa shape index (κ1) is 54.4. The van der Waals surface area contributed by atoms with Crippen molar-refractivity contribution in [2.75, 3.05) is 18.0 Å². The van der Waals surface area contributed by atoms with E-state index in [4.69, 9.17) is 0 Å². The van der Waals surface area contributed by atoms with E-state index in [1.165, 1.54) is 67.3 Å². The van der Waals surface area contributed by atoms with Gasteiger partial charge in [0.2, 0.25) is 0 Å². The van der Waals surface area contributed by atoms with E-state index < -0.39 is 15.9 Å². The number of para-hydroxylation sites is 4. The van der Waals surface area contributed by atoms with Crippen LogP contribution in [0, 0.1) is 55.4 Å². The van der Waals surface area contributed by atoms with Crippen molar-refractivity contribution in [2.24, 2.45) is 0 Å². The van der Waals surface area contributed by atoms with Gasteiger partial charge in [0.25, 0.3) is 0 Å². The van der Waals surface area contributed by atoms with Crippen molar-refractivity contribution >= 4 is 137 Å². The molecule has 0 aliphatic heterocycles. The van der Waals surface area contributed by atoms with Gasteiger partial charge < -0.3 is 0 Å². The van der Waals surface area contributed by atoms with Crippen LogP contribution in [0.2, 0.25) is 0 Å². The maximum absolute atomic E-state index is 4.05. The van der Waals surface area contributed by atoms with Gasteiger partial charge in [-0.15, -0.1) is 0 Å². The first-order chi connectivity index (χ1) is 27.7. The van der Waals surface area contributed by atoms with Crippen LogP contribution in [0.1, 0.15) is 99.9 Å². The van der Waals surface area contributed by atoms with Crippen LogP contribution in [-0.2, 0) is 0 Å². The van der Waals surface area contributed by atoms with Crippen LogP contribution in [0.3, 0.4) is 0 Å². The normalized spacial score (nSPS) is 12.1. The van der Waals surface area contributed by atoms with Crippen molar-refractivity contribution in [1.82, 2.24) is 9.62 Å². The maximum atomic E-state index is 4.05. The summed E-state index contributed by atoms with van der Waals surface area (Å²) in [5, 5.41) is 7.89. The van der Waals surface area contributed by atoms with Gasteiger partial charge in [-0.05, 0) is 0 Å². The molecule has 16 heteroatoms. The number of hydrogen-bond acceptors (Lipinski definition) is 6. The van der Waals surface area contributed by atoms with E-state index in [-0.39, 0.29) is 14.2 Å². The first-order valence-electron chi connectivity index (χ1n) is 20.8. The number of rotatable bonds is 16. The van der Waals surface area contributed by atoms with Crippen molar-refractivity contribution in [3.05, 3.63) is 117 Å². The standard InChI is InChI=1S/2C22H33BBr3GeN3/c2*1-15(2)29(16(3)4)23(28-21-17(5)11-9-12-18(21)6)30(27(24,25)26)22-19(7)13-10-14-20(22)8/h2*9-16,28H,1-8H3. The quantitative estimate of drug-likeness (QED) is 0.109. The molecule has 0 saturated carbocycles. The van der Waals surface area contributed by atoms with Crippen LogP contribution in [0.25, 0.3) is 0 Å². The van der Waals surface area contributed by atoms with Gasteiger partial charge >= 0.3 is 417 Å².